The lowest BCUT2D eigenvalue weighted by molar-refractivity contribution is -0.706. The molecule has 2 heterocycles. The highest BCUT2D eigenvalue weighted by Crippen LogP contribution is 2.38. The smallest absolute Gasteiger partial charge is 0.225 e. The van der Waals surface area contributed by atoms with Crippen LogP contribution in [-0.4, -0.2) is 40.2 Å². The molecule has 4 rings (SSSR count). The van der Waals surface area contributed by atoms with Crippen LogP contribution in [0.3, 0.4) is 0 Å². The van der Waals surface area contributed by atoms with Gasteiger partial charge in [0.25, 0.3) is 0 Å². The summed E-state index contributed by atoms with van der Waals surface area (Å²) in [5.41, 5.74) is 2.28. The Morgan fingerprint density at radius 3 is 2.46 bits per heavy atom. The molecular weight excluding hydrogens is 484 g/mol. The van der Waals surface area contributed by atoms with E-state index in [1.165, 1.54) is 12.1 Å². The van der Waals surface area contributed by atoms with Crippen molar-refractivity contribution in [1.82, 2.24) is 5.01 Å². The molecule has 0 aromatic heterocycles. The molecule has 0 saturated carbocycles. The van der Waals surface area contributed by atoms with Crippen LogP contribution in [0.1, 0.15) is 43.7 Å². The van der Waals surface area contributed by atoms with Gasteiger partial charge in [0.15, 0.2) is 6.54 Å². The monoisotopic (exact) mass is 509 g/mol. The molecule has 1 saturated heterocycles. The topological polar surface area (TPSA) is 35.7 Å². The Morgan fingerprint density at radius 1 is 1.07 bits per heavy atom. The molecule has 6 heteroatoms. The predicted octanol–water partition coefficient (Wildman–Crippen LogP) is 4.88. The van der Waals surface area contributed by atoms with Crippen LogP contribution in [0.2, 0.25) is 0 Å². The molecule has 150 valence electrons. The van der Waals surface area contributed by atoms with Crippen molar-refractivity contribution in [3.05, 3.63) is 64.1 Å². The Labute approximate surface area is 185 Å². The second-order valence-corrected chi connectivity index (χ2v) is 8.13. The van der Waals surface area contributed by atoms with E-state index >= 15 is 0 Å². The number of hydrazone groups is 1. The van der Waals surface area contributed by atoms with Gasteiger partial charge in [-0.1, -0.05) is 28.1 Å². The minimum atomic E-state index is -1.00. The lowest BCUT2D eigenvalue weighted by Gasteiger charge is -2.30. The molecular formula is C22H27Br2N2O2+. The molecule has 1 fully saturated rings. The highest BCUT2D eigenvalue weighted by atomic mass is 79.9. The van der Waals surface area contributed by atoms with Crippen LogP contribution in [0.4, 0.5) is 0 Å². The zero-order chi connectivity index (χ0) is 18.9. The normalized spacial score (nSPS) is 21.8. The van der Waals surface area contributed by atoms with Gasteiger partial charge in [-0.15, -0.1) is 26.7 Å². The lowest BCUT2D eigenvalue weighted by atomic mass is 9.94. The van der Waals surface area contributed by atoms with Crippen LogP contribution in [0.5, 0.6) is 5.75 Å². The number of halogens is 2. The first-order valence-electron chi connectivity index (χ1n) is 9.74. The Bertz CT molecular complexity index is 837. The summed E-state index contributed by atoms with van der Waals surface area (Å²) in [6, 6.07) is 16.3. The molecule has 0 spiro atoms. The number of benzene rings is 2. The van der Waals surface area contributed by atoms with E-state index in [0.29, 0.717) is 13.0 Å². The summed E-state index contributed by atoms with van der Waals surface area (Å²) in [6.07, 6.45) is 4.03. The molecule has 0 amide bonds. The second kappa shape index (κ2) is 8.97. The first-order valence-corrected chi connectivity index (χ1v) is 10.5. The molecule has 0 radical (unpaired) electrons. The maximum atomic E-state index is 11.8. The minimum Gasteiger partial charge on any atom is -0.494 e. The average molecular weight is 511 g/mol. The van der Waals surface area contributed by atoms with Gasteiger partial charge in [0.2, 0.25) is 11.4 Å². The minimum absolute atomic E-state index is 0. The summed E-state index contributed by atoms with van der Waals surface area (Å²) in [5, 5.41) is 13.9. The van der Waals surface area contributed by atoms with Gasteiger partial charge in [0.1, 0.15) is 5.75 Å². The van der Waals surface area contributed by atoms with Crippen molar-refractivity contribution in [1.29, 1.82) is 0 Å². The molecule has 2 aromatic carbocycles. The van der Waals surface area contributed by atoms with Gasteiger partial charge in [-0.2, -0.15) is 0 Å². The van der Waals surface area contributed by atoms with Crippen molar-refractivity contribution in [2.45, 2.75) is 38.3 Å². The summed E-state index contributed by atoms with van der Waals surface area (Å²) < 4.78 is 8.92. The van der Waals surface area contributed by atoms with Gasteiger partial charge >= 0.3 is 0 Å². The molecule has 2 aliphatic heterocycles. The van der Waals surface area contributed by atoms with E-state index in [9.17, 15) is 5.11 Å². The number of aliphatic hydroxyl groups is 1. The van der Waals surface area contributed by atoms with E-state index < -0.39 is 5.72 Å². The fraction of sp³-hybridized carbons (Fsp3) is 0.409. The van der Waals surface area contributed by atoms with Crippen LogP contribution >= 0.6 is 32.9 Å². The van der Waals surface area contributed by atoms with Gasteiger partial charge in [-0.3, -0.25) is 0 Å². The summed E-state index contributed by atoms with van der Waals surface area (Å²) in [4.78, 5) is 0. The summed E-state index contributed by atoms with van der Waals surface area (Å²) in [6.45, 7) is 4.47. The highest BCUT2D eigenvalue weighted by molar-refractivity contribution is 9.10. The van der Waals surface area contributed by atoms with Crippen molar-refractivity contribution in [3.63, 3.8) is 0 Å². The Morgan fingerprint density at radius 2 is 1.79 bits per heavy atom. The molecule has 1 atom stereocenters. The van der Waals surface area contributed by atoms with Crippen molar-refractivity contribution in [3.8, 4) is 5.75 Å². The van der Waals surface area contributed by atoms with Crippen LogP contribution in [-0.2, 0) is 5.72 Å². The number of hydrogen-bond acceptors (Lipinski definition) is 3. The summed E-state index contributed by atoms with van der Waals surface area (Å²) >= 11 is 3.50. The van der Waals surface area contributed by atoms with Crippen LogP contribution in [0.25, 0.3) is 0 Å². The molecule has 28 heavy (non-hydrogen) atoms. The zero-order valence-electron chi connectivity index (χ0n) is 16.1. The van der Waals surface area contributed by atoms with Crippen LogP contribution in [0, 0.1) is 0 Å². The van der Waals surface area contributed by atoms with E-state index in [4.69, 9.17) is 4.74 Å². The maximum absolute atomic E-state index is 11.8. The number of ether oxygens (including phenoxy) is 1. The van der Waals surface area contributed by atoms with Gasteiger partial charge in [-0.25, -0.2) is 0 Å². The Kier molecular flexibility index (Phi) is 6.84. The fourth-order valence-corrected chi connectivity index (χ4v) is 4.42. The highest BCUT2D eigenvalue weighted by Gasteiger charge is 2.52. The van der Waals surface area contributed by atoms with E-state index in [-0.39, 0.29) is 17.0 Å². The first kappa shape index (κ1) is 21.3. The van der Waals surface area contributed by atoms with E-state index in [1.54, 1.807) is 0 Å². The van der Waals surface area contributed by atoms with Gasteiger partial charge < -0.3 is 9.84 Å². The SMILES string of the molecule is Br.CCOc1ccc(C2=[N+]3CCCCCN3C(O)(c3ccc(Br)cc3)C2)cc1. The van der Waals surface area contributed by atoms with E-state index in [0.717, 1.165) is 47.3 Å². The molecule has 0 aliphatic carbocycles. The third kappa shape index (κ3) is 4.00. The van der Waals surface area contributed by atoms with Crippen LogP contribution in [0.15, 0.2) is 53.0 Å². The third-order valence-electron chi connectivity index (χ3n) is 5.49. The van der Waals surface area contributed by atoms with Crippen molar-refractivity contribution in [2.75, 3.05) is 19.7 Å². The molecule has 2 aliphatic rings. The number of rotatable bonds is 4. The average Bonchev–Trinajstić information content (AvgIpc) is 2.84. The summed E-state index contributed by atoms with van der Waals surface area (Å²) in [5.74, 6) is 0.885. The van der Waals surface area contributed by atoms with E-state index in [1.807, 2.05) is 43.3 Å². The molecule has 4 nitrogen and oxygen atoms in total. The van der Waals surface area contributed by atoms with Crippen molar-refractivity contribution >= 4 is 38.6 Å². The number of hydrazine groups is 1. The standard InChI is InChI=1S/C22H26BrN2O2.BrH/c1-2-27-20-12-6-17(7-13-20)21-16-22(26,18-8-10-19(23)11-9-18)25-15-5-3-4-14-24(21)25;/h6-13,26H,2-5,14-16H2,1H3;1H/q+1;. The van der Waals surface area contributed by atoms with Crippen LogP contribution < -0.4 is 4.74 Å². The van der Waals surface area contributed by atoms with Crippen molar-refractivity contribution < 1.29 is 14.5 Å². The van der Waals surface area contributed by atoms with Gasteiger partial charge in [0, 0.05) is 22.0 Å². The number of hydrogen-bond donors (Lipinski definition) is 1. The predicted molar refractivity (Wildman–Crippen MR) is 120 cm³/mol. The fourth-order valence-electron chi connectivity index (χ4n) is 4.15. The van der Waals surface area contributed by atoms with Gasteiger partial charge in [0.05, 0.1) is 19.6 Å². The molecule has 1 unspecified atom stereocenters. The largest absolute Gasteiger partial charge is 0.494 e. The summed E-state index contributed by atoms with van der Waals surface area (Å²) in [7, 11) is 0. The zero-order valence-corrected chi connectivity index (χ0v) is 19.4. The molecule has 2 aromatic rings. The molecule has 1 N–H and O–H groups in total. The van der Waals surface area contributed by atoms with Crippen molar-refractivity contribution in [2.24, 2.45) is 0 Å². The number of nitrogens with zero attached hydrogens (tertiary/aromatic N) is 2. The Balaban J connectivity index is 0.00000225. The molecule has 0 bridgehead atoms. The van der Waals surface area contributed by atoms with E-state index in [2.05, 4.69) is 37.8 Å². The quantitative estimate of drug-likeness (QED) is 0.595. The number of fused-ring (bicyclic) bond motifs is 1. The lowest BCUT2D eigenvalue weighted by Crippen LogP contribution is -2.46. The maximum Gasteiger partial charge on any atom is 0.225 e. The first-order chi connectivity index (χ1) is 13.1. The second-order valence-electron chi connectivity index (χ2n) is 7.21. The van der Waals surface area contributed by atoms with Gasteiger partial charge in [-0.05, 0) is 56.2 Å². The Hall–Kier alpha value is -1.37. The third-order valence-corrected chi connectivity index (χ3v) is 6.02.